The van der Waals surface area contributed by atoms with Gasteiger partial charge in [0.25, 0.3) is 0 Å². The summed E-state index contributed by atoms with van der Waals surface area (Å²) in [5, 5.41) is 6.59. The first kappa shape index (κ1) is 20.8. The summed E-state index contributed by atoms with van der Waals surface area (Å²) in [5.41, 5.74) is 3.42. The minimum Gasteiger partial charge on any atom is -0.378 e. The first-order chi connectivity index (χ1) is 12.8. The molecule has 146 valence electrons. The molecule has 0 aliphatic rings. The van der Waals surface area contributed by atoms with Crippen LogP contribution in [0, 0.1) is 0 Å². The summed E-state index contributed by atoms with van der Waals surface area (Å²) in [6.07, 6.45) is 1.99. The van der Waals surface area contributed by atoms with E-state index in [2.05, 4.69) is 38.7 Å². The molecular weight excluding hydrogens is 360 g/mol. The van der Waals surface area contributed by atoms with Crippen LogP contribution in [0.5, 0.6) is 0 Å². The fourth-order valence-corrected chi connectivity index (χ4v) is 3.21. The summed E-state index contributed by atoms with van der Waals surface area (Å²) in [6, 6.07) is 15.3. The number of hydrogen-bond acceptors (Lipinski definition) is 4. The summed E-state index contributed by atoms with van der Waals surface area (Å²) < 4.78 is 23.0. The van der Waals surface area contributed by atoms with Crippen LogP contribution in [0.3, 0.4) is 0 Å². The molecule has 0 bridgehead atoms. The topological polar surface area (TPSA) is 73.8 Å². The smallest absolute Gasteiger partial charge is 0.191 e. The lowest BCUT2D eigenvalue weighted by atomic mass is 10.1. The number of guanidine groups is 1. The number of aliphatic imine (C=N–C) groups is 1. The number of hydrogen-bond donors (Lipinski definition) is 2. The van der Waals surface area contributed by atoms with Crippen molar-refractivity contribution in [2.24, 2.45) is 4.99 Å². The molecule has 0 unspecified atom stereocenters. The van der Waals surface area contributed by atoms with Gasteiger partial charge in [-0.05, 0) is 41.8 Å². The van der Waals surface area contributed by atoms with E-state index < -0.39 is 9.84 Å². The molecular formula is C20H28N4O2S. The zero-order chi connectivity index (χ0) is 19.9. The highest BCUT2D eigenvalue weighted by Gasteiger charge is 2.06. The maximum atomic E-state index is 11.5. The van der Waals surface area contributed by atoms with Crippen LogP contribution in [0.4, 0.5) is 5.69 Å². The highest BCUT2D eigenvalue weighted by molar-refractivity contribution is 7.90. The molecule has 0 fully saturated rings. The Hall–Kier alpha value is -2.54. The Morgan fingerprint density at radius 2 is 1.74 bits per heavy atom. The Kier molecular flexibility index (Phi) is 7.24. The zero-order valence-electron chi connectivity index (χ0n) is 16.4. The van der Waals surface area contributed by atoms with Crippen LogP contribution in [0.2, 0.25) is 0 Å². The first-order valence-corrected chi connectivity index (χ1v) is 10.7. The van der Waals surface area contributed by atoms with Crippen LogP contribution in [-0.2, 0) is 22.8 Å². The van der Waals surface area contributed by atoms with E-state index in [-0.39, 0.29) is 0 Å². The molecule has 0 spiro atoms. The predicted octanol–water partition coefficient (Wildman–Crippen LogP) is 2.06. The first-order valence-electron chi connectivity index (χ1n) is 8.79. The van der Waals surface area contributed by atoms with Crippen molar-refractivity contribution < 1.29 is 8.42 Å². The number of benzene rings is 2. The fraction of sp³-hybridized carbons (Fsp3) is 0.350. The van der Waals surface area contributed by atoms with Crippen LogP contribution >= 0.6 is 0 Å². The molecule has 0 aliphatic heterocycles. The number of anilines is 1. The number of nitrogens with zero attached hydrogens (tertiary/aromatic N) is 2. The normalized spacial score (nSPS) is 11.9. The van der Waals surface area contributed by atoms with Gasteiger partial charge in [-0.15, -0.1) is 0 Å². The summed E-state index contributed by atoms with van der Waals surface area (Å²) >= 11 is 0. The molecule has 6 nitrogen and oxygen atoms in total. The average molecular weight is 389 g/mol. The Balaban J connectivity index is 1.83. The minimum absolute atomic E-state index is 0.344. The molecule has 0 amide bonds. The largest absolute Gasteiger partial charge is 0.378 e. The SMILES string of the molecule is CN=C(NCCc1ccc(S(C)(=O)=O)cc1)NCc1cccc(N(C)C)c1. The van der Waals surface area contributed by atoms with Crippen molar-refractivity contribution >= 4 is 21.5 Å². The fourth-order valence-electron chi connectivity index (χ4n) is 2.58. The van der Waals surface area contributed by atoms with E-state index >= 15 is 0 Å². The summed E-state index contributed by atoms with van der Waals surface area (Å²) in [4.78, 5) is 6.66. The Labute approximate surface area is 162 Å². The highest BCUT2D eigenvalue weighted by Crippen LogP contribution is 2.13. The maximum Gasteiger partial charge on any atom is 0.191 e. The Bertz CT molecular complexity index is 875. The second-order valence-electron chi connectivity index (χ2n) is 6.58. The molecule has 0 saturated carbocycles. The molecule has 0 radical (unpaired) electrons. The van der Waals surface area contributed by atoms with Crippen LogP contribution in [0.25, 0.3) is 0 Å². The van der Waals surface area contributed by atoms with E-state index in [1.54, 1.807) is 19.2 Å². The van der Waals surface area contributed by atoms with Crippen molar-refractivity contribution in [3.05, 3.63) is 59.7 Å². The molecule has 0 aliphatic carbocycles. The van der Waals surface area contributed by atoms with E-state index in [1.165, 1.54) is 11.8 Å². The van der Waals surface area contributed by atoms with Gasteiger partial charge in [-0.3, -0.25) is 4.99 Å². The van der Waals surface area contributed by atoms with Crippen molar-refractivity contribution in [3.63, 3.8) is 0 Å². The number of nitrogens with one attached hydrogen (secondary N) is 2. The lowest BCUT2D eigenvalue weighted by Gasteiger charge is -2.15. The van der Waals surface area contributed by atoms with Crippen molar-refractivity contribution in [3.8, 4) is 0 Å². The van der Waals surface area contributed by atoms with E-state index in [4.69, 9.17) is 0 Å². The van der Waals surface area contributed by atoms with Crippen LogP contribution in [0.1, 0.15) is 11.1 Å². The molecule has 2 rings (SSSR count). The van der Waals surface area contributed by atoms with Gasteiger partial charge in [0.2, 0.25) is 0 Å². The van der Waals surface area contributed by atoms with Gasteiger partial charge in [0.05, 0.1) is 4.90 Å². The predicted molar refractivity (Wildman–Crippen MR) is 112 cm³/mol. The second-order valence-corrected chi connectivity index (χ2v) is 8.60. The Morgan fingerprint density at radius 1 is 1.04 bits per heavy atom. The van der Waals surface area contributed by atoms with Gasteiger partial charge in [0.1, 0.15) is 0 Å². The van der Waals surface area contributed by atoms with Crippen LogP contribution in [-0.4, -0.2) is 48.3 Å². The lowest BCUT2D eigenvalue weighted by Crippen LogP contribution is -2.37. The minimum atomic E-state index is -3.15. The van der Waals surface area contributed by atoms with Crippen molar-refractivity contribution in [1.82, 2.24) is 10.6 Å². The van der Waals surface area contributed by atoms with Crippen molar-refractivity contribution in [2.75, 3.05) is 38.8 Å². The summed E-state index contributed by atoms with van der Waals surface area (Å²) in [6.45, 7) is 1.39. The van der Waals surface area contributed by atoms with Gasteiger partial charge in [0, 0.05) is 46.2 Å². The highest BCUT2D eigenvalue weighted by atomic mass is 32.2. The van der Waals surface area contributed by atoms with E-state index in [0.29, 0.717) is 18.0 Å². The third kappa shape index (κ3) is 6.60. The van der Waals surface area contributed by atoms with E-state index in [9.17, 15) is 8.42 Å². The van der Waals surface area contributed by atoms with Crippen LogP contribution < -0.4 is 15.5 Å². The molecule has 27 heavy (non-hydrogen) atoms. The Morgan fingerprint density at radius 3 is 2.33 bits per heavy atom. The van der Waals surface area contributed by atoms with Gasteiger partial charge < -0.3 is 15.5 Å². The molecule has 0 heterocycles. The van der Waals surface area contributed by atoms with Gasteiger partial charge in [-0.2, -0.15) is 0 Å². The van der Waals surface area contributed by atoms with Crippen molar-refractivity contribution in [2.45, 2.75) is 17.9 Å². The van der Waals surface area contributed by atoms with Crippen molar-refractivity contribution in [1.29, 1.82) is 0 Å². The quantitative estimate of drug-likeness (QED) is 0.561. The molecule has 0 aromatic heterocycles. The maximum absolute atomic E-state index is 11.5. The molecule has 2 N–H and O–H groups in total. The average Bonchev–Trinajstić information content (AvgIpc) is 2.64. The lowest BCUT2D eigenvalue weighted by molar-refractivity contribution is 0.602. The number of rotatable bonds is 7. The van der Waals surface area contributed by atoms with Crippen LogP contribution in [0.15, 0.2) is 58.4 Å². The number of sulfone groups is 1. The summed E-state index contributed by atoms with van der Waals surface area (Å²) in [5.74, 6) is 0.734. The summed E-state index contributed by atoms with van der Waals surface area (Å²) in [7, 11) is 2.64. The van der Waals surface area contributed by atoms with E-state index in [0.717, 1.165) is 23.6 Å². The van der Waals surface area contributed by atoms with Gasteiger partial charge in [0.15, 0.2) is 15.8 Å². The van der Waals surface area contributed by atoms with Gasteiger partial charge in [-0.1, -0.05) is 24.3 Å². The molecule has 2 aromatic carbocycles. The van der Waals surface area contributed by atoms with E-state index in [1.807, 2.05) is 32.3 Å². The third-order valence-corrected chi connectivity index (χ3v) is 5.30. The van der Waals surface area contributed by atoms with Gasteiger partial charge in [-0.25, -0.2) is 8.42 Å². The molecule has 2 aromatic rings. The molecule has 7 heteroatoms. The van der Waals surface area contributed by atoms with Gasteiger partial charge >= 0.3 is 0 Å². The third-order valence-electron chi connectivity index (χ3n) is 4.17. The zero-order valence-corrected chi connectivity index (χ0v) is 17.2. The standard InChI is InChI=1S/C20H28N4O2S/c1-21-20(23-15-17-6-5-7-18(14-17)24(2)3)22-13-12-16-8-10-19(11-9-16)27(4,25)26/h5-11,14H,12-13,15H2,1-4H3,(H2,21,22,23). The molecule has 0 saturated heterocycles. The molecule has 0 atom stereocenters. The monoisotopic (exact) mass is 388 g/mol. The second kappa shape index (κ2) is 9.41.